The quantitative estimate of drug-likeness (QED) is 0.584. The molecule has 0 fully saturated rings. The van der Waals surface area contributed by atoms with Gasteiger partial charge in [0.25, 0.3) is 0 Å². The Morgan fingerprint density at radius 3 is 2.32 bits per heavy atom. The summed E-state index contributed by atoms with van der Waals surface area (Å²) in [4.78, 5) is 0. The predicted octanol–water partition coefficient (Wildman–Crippen LogP) is 4.47. The summed E-state index contributed by atoms with van der Waals surface area (Å²) in [5.41, 5.74) is 1.16. The van der Waals surface area contributed by atoms with Crippen LogP contribution in [0.5, 0.6) is 0 Å². The van der Waals surface area contributed by atoms with Gasteiger partial charge in [-0.2, -0.15) is 0 Å². The number of unbranched alkanes of at least 4 members (excludes halogenated alkanes) is 2. The van der Waals surface area contributed by atoms with Crippen LogP contribution in [0.25, 0.3) is 0 Å². The van der Waals surface area contributed by atoms with E-state index in [9.17, 15) is 0 Å². The minimum absolute atomic E-state index is 0.781. The molecule has 0 aliphatic heterocycles. The molecule has 0 aromatic carbocycles. The lowest BCUT2D eigenvalue weighted by atomic mass is 10.0. The predicted molar refractivity (Wildman–Crippen MR) is 81.1 cm³/mol. The van der Waals surface area contributed by atoms with E-state index in [2.05, 4.69) is 44.2 Å². The number of hydrogen-bond acceptors (Lipinski definition) is 2. The van der Waals surface area contributed by atoms with E-state index in [-0.39, 0.29) is 0 Å². The SMILES string of the molecule is CC(C)CCCCCc1cn(CCCC(C)C)nn1. The Labute approximate surface area is 118 Å². The zero-order chi connectivity index (χ0) is 14.1. The second-order valence-corrected chi connectivity index (χ2v) is 6.50. The average molecular weight is 265 g/mol. The summed E-state index contributed by atoms with van der Waals surface area (Å²) in [5.74, 6) is 1.62. The van der Waals surface area contributed by atoms with Crippen molar-refractivity contribution in [1.29, 1.82) is 0 Å². The minimum Gasteiger partial charge on any atom is -0.252 e. The molecule has 110 valence electrons. The van der Waals surface area contributed by atoms with Crippen LogP contribution in [0.3, 0.4) is 0 Å². The van der Waals surface area contributed by atoms with Gasteiger partial charge in [0.15, 0.2) is 0 Å². The maximum absolute atomic E-state index is 4.26. The van der Waals surface area contributed by atoms with Crippen molar-refractivity contribution < 1.29 is 0 Å². The van der Waals surface area contributed by atoms with Crippen molar-refractivity contribution in [3.63, 3.8) is 0 Å². The molecule has 3 heteroatoms. The van der Waals surface area contributed by atoms with Crippen LogP contribution in [0.2, 0.25) is 0 Å². The van der Waals surface area contributed by atoms with Crippen LogP contribution < -0.4 is 0 Å². The lowest BCUT2D eigenvalue weighted by Gasteiger charge is -2.03. The van der Waals surface area contributed by atoms with Crippen LogP contribution in [0.15, 0.2) is 6.20 Å². The molecule has 0 radical (unpaired) electrons. The number of hydrogen-bond donors (Lipinski definition) is 0. The number of aryl methyl sites for hydroxylation is 2. The Hall–Kier alpha value is -0.860. The molecule has 19 heavy (non-hydrogen) atoms. The van der Waals surface area contributed by atoms with Crippen LogP contribution in [-0.2, 0) is 13.0 Å². The van der Waals surface area contributed by atoms with Crippen molar-refractivity contribution in [2.75, 3.05) is 0 Å². The van der Waals surface area contributed by atoms with Gasteiger partial charge in [0, 0.05) is 12.7 Å². The van der Waals surface area contributed by atoms with E-state index in [0.717, 1.165) is 30.5 Å². The van der Waals surface area contributed by atoms with Crippen molar-refractivity contribution in [2.45, 2.75) is 79.2 Å². The highest BCUT2D eigenvalue weighted by Gasteiger charge is 2.02. The van der Waals surface area contributed by atoms with Crippen molar-refractivity contribution in [3.8, 4) is 0 Å². The monoisotopic (exact) mass is 265 g/mol. The van der Waals surface area contributed by atoms with Gasteiger partial charge >= 0.3 is 0 Å². The van der Waals surface area contributed by atoms with Gasteiger partial charge in [-0.3, -0.25) is 4.68 Å². The third kappa shape index (κ3) is 8.02. The van der Waals surface area contributed by atoms with E-state index in [4.69, 9.17) is 0 Å². The molecular formula is C16H31N3. The second kappa shape index (κ2) is 9.11. The summed E-state index contributed by atoms with van der Waals surface area (Å²) >= 11 is 0. The molecule has 0 saturated heterocycles. The Bertz CT molecular complexity index is 328. The maximum atomic E-state index is 4.26. The third-order valence-corrected chi connectivity index (χ3v) is 3.47. The molecule has 1 heterocycles. The molecule has 0 amide bonds. The number of aromatic nitrogens is 3. The Kier molecular flexibility index (Phi) is 7.76. The van der Waals surface area contributed by atoms with Crippen molar-refractivity contribution in [1.82, 2.24) is 15.0 Å². The van der Waals surface area contributed by atoms with Crippen molar-refractivity contribution >= 4 is 0 Å². The summed E-state index contributed by atoms with van der Waals surface area (Å²) in [5, 5.41) is 8.47. The zero-order valence-corrected chi connectivity index (χ0v) is 13.2. The molecule has 0 atom stereocenters. The molecule has 0 N–H and O–H groups in total. The average Bonchev–Trinajstić information content (AvgIpc) is 2.76. The van der Waals surface area contributed by atoms with E-state index < -0.39 is 0 Å². The number of nitrogens with zero attached hydrogens (tertiary/aromatic N) is 3. The van der Waals surface area contributed by atoms with Crippen LogP contribution in [0.1, 0.15) is 71.9 Å². The first kappa shape index (κ1) is 16.2. The molecule has 0 aliphatic carbocycles. The lowest BCUT2D eigenvalue weighted by Crippen LogP contribution is -2.00. The fraction of sp³-hybridized carbons (Fsp3) is 0.875. The largest absolute Gasteiger partial charge is 0.252 e. The molecule has 0 bridgehead atoms. The lowest BCUT2D eigenvalue weighted by molar-refractivity contribution is 0.482. The van der Waals surface area contributed by atoms with Crippen LogP contribution in [-0.4, -0.2) is 15.0 Å². The molecule has 1 rings (SSSR count). The van der Waals surface area contributed by atoms with Gasteiger partial charge < -0.3 is 0 Å². The van der Waals surface area contributed by atoms with E-state index in [0.29, 0.717) is 0 Å². The van der Waals surface area contributed by atoms with Crippen molar-refractivity contribution in [2.24, 2.45) is 11.8 Å². The standard InChI is InChI=1S/C16H31N3/c1-14(2)9-6-5-7-11-16-13-19(18-17-16)12-8-10-15(3)4/h13-15H,5-12H2,1-4H3. The van der Waals surface area contributed by atoms with Gasteiger partial charge in [-0.15, -0.1) is 5.10 Å². The summed E-state index contributed by atoms with van der Waals surface area (Å²) in [6.45, 7) is 10.1. The molecule has 0 unspecified atom stereocenters. The highest BCUT2D eigenvalue weighted by molar-refractivity contribution is 4.92. The third-order valence-electron chi connectivity index (χ3n) is 3.47. The summed E-state index contributed by atoms with van der Waals surface area (Å²) in [6.07, 6.45) is 10.9. The van der Waals surface area contributed by atoms with Crippen LogP contribution in [0.4, 0.5) is 0 Å². The first-order chi connectivity index (χ1) is 9.08. The number of rotatable bonds is 10. The maximum Gasteiger partial charge on any atom is 0.0827 e. The van der Waals surface area contributed by atoms with Crippen LogP contribution >= 0.6 is 0 Å². The van der Waals surface area contributed by atoms with Crippen LogP contribution in [0, 0.1) is 11.8 Å². The molecule has 0 saturated carbocycles. The van der Waals surface area contributed by atoms with Gasteiger partial charge in [0.1, 0.15) is 0 Å². The highest BCUT2D eigenvalue weighted by atomic mass is 15.4. The Morgan fingerprint density at radius 2 is 1.63 bits per heavy atom. The topological polar surface area (TPSA) is 30.7 Å². The van der Waals surface area contributed by atoms with E-state index >= 15 is 0 Å². The first-order valence-corrected chi connectivity index (χ1v) is 7.97. The van der Waals surface area contributed by atoms with Gasteiger partial charge in [0.2, 0.25) is 0 Å². The fourth-order valence-corrected chi connectivity index (χ4v) is 2.26. The van der Waals surface area contributed by atoms with E-state index in [1.54, 1.807) is 0 Å². The summed E-state index contributed by atoms with van der Waals surface area (Å²) in [6, 6.07) is 0. The van der Waals surface area contributed by atoms with Gasteiger partial charge in [-0.05, 0) is 37.5 Å². The van der Waals surface area contributed by atoms with E-state index in [1.807, 2.05) is 4.68 Å². The molecular weight excluding hydrogens is 234 g/mol. The first-order valence-electron chi connectivity index (χ1n) is 7.97. The molecule has 0 spiro atoms. The molecule has 1 aromatic rings. The van der Waals surface area contributed by atoms with E-state index in [1.165, 1.54) is 38.5 Å². The second-order valence-electron chi connectivity index (χ2n) is 6.50. The molecule has 3 nitrogen and oxygen atoms in total. The Morgan fingerprint density at radius 1 is 0.947 bits per heavy atom. The fourth-order valence-electron chi connectivity index (χ4n) is 2.26. The Balaban J connectivity index is 2.12. The smallest absolute Gasteiger partial charge is 0.0827 e. The summed E-state index contributed by atoms with van der Waals surface area (Å²) in [7, 11) is 0. The molecule has 1 aromatic heterocycles. The highest BCUT2D eigenvalue weighted by Crippen LogP contribution is 2.10. The summed E-state index contributed by atoms with van der Waals surface area (Å²) < 4.78 is 2.01. The minimum atomic E-state index is 0.781. The van der Waals surface area contributed by atoms with Gasteiger partial charge in [-0.1, -0.05) is 52.2 Å². The zero-order valence-electron chi connectivity index (χ0n) is 13.2. The normalized spacial score (nSPS) is 11.7. The van der Waals surface area contributed by atoms with Crippen molar-refractivity contribution in [3.05, 3.63) is 11.9 Å². The molecule has 0 aliphatic rings. The van der Waals surface area contributed by atoms with Gasteiger partial charge in [0.05, 0.1) is 5.69 Å². The van der Waals surface area contributed by atoms with Gasteiger partial charge in [-0.25, -0.2) is 0 Å².